The fourth-order valence-electron chi connectivity index (χ4n) is 3.75. The number of nitrogens with one attached hydrogen (secondary N) is 2. The number of hydrogen-bond donors (Lipinski definition) is 2. The lowest BCUT2D eigenvalue weighted by Crippen LogP contribution is -2.29. The lowest BCUT2D eigenvalue weighted by molar-refractivity contribution is -0.127. The summed E-state index contributed by atoms with van der Waals surface area (Å²) in [7, 11) is -3.78. The molecule has 1 saturated heterocycles. The first kappa shape index (κ1) is 23.3. The number of hydrogen-bond acceptors (Lipinski definition) is 6. The Labute approximate surface area is 197 Å². The number of likely N-dealkylation sites (tertiary alicyclic amines) is 1. The quantitative estimate of drug-likeness (QED) is 0.585. The Balaban J connectivity index is 1.44. The summed E-state index contributed by atoms with van der Waals surface area (Å²) in [5.74, 6) is 0.436. The van der Waals surface area contributed by atoms with E-state index in [9.17, 15) is 18.0 Å². The van der Waals surface area contributed by atoms with Crippen LogP contribution in [0, 0.1) is 0 Å². The number of carbonyl (C=O) groups is 2. The summed E-state index contributed by atoms with van der Waals surface area (Å²) in [5.41, 5.74) is 0.799. The van der Waals surface area contributed by atoms with Crippen molar-refractivity contribution in [3.8, 4) is 0 Å². The van der Waals surface area contributed by atoms with Crippen LogP contribution in [-0.2, 0) is 14.8 Å². The standard InChI is InChI=1S/C23H26N4O4S2/c28-22(27-13-3-4-14-27)16-32-20-10-2-1-9-19(20)23(29)25-17-7-5-8-18(15-17)33(30,31)26-21-11-6-12-24-21/h1-2,5,7-10,15H,3-4,6,11-14,16H2,(H,24,26)(H,25,29). The SMILES string of the molecule is O=C(Nc1cccc(S(=O)(=O)NC2=NCCC2)c1)c1ccccc1SCC(=O)N1CCCC1. The number of aliphatic imine (C=N–C) groups is 1. The van der Waals surface area contributed by atoms with E-state index >= 15 is 0 Å². The molecule has 4 rings (SSSR count). The molecule has 0 saturated carbocycles. The fourth-order valence-corrected chi connectivity index (χ4v) is 5.84. The molecular weight excluding hydrogens is 460 g/mol. The van der Waals surface area contributed by atoms with Gasteiger partial charge in [0.1, 0.15) is 5.84 Å². The van der Waals surface area contributed by atoms with Crippen molar-refractivity contribution in [3.05, 3.63) is 54.1 Å². The van der Waals surface area contributed by atoms with Crippen LogP contribution in [0.15, 0.2) is 63.3 Å². The average molecular weight is 487 g/mol. The molecule has 2 aromatic carbocycles. The van der Waals surface area contributed by atoms with Crippen LogP contribution in [0.5, 0.6) is 0 Å². The highest BCUT2D eigenvalue weighted by atomic mass is 32.2. The van der Waals surface area contributed by atoms with Crippen molar-refractivity contribution in [2.75, 3.05) is 30.7 Å². The first-order valence-corrected chi connectivity index (χ1v) is 13.4. The number of benzene rings is 2. The van der Waals surface area contributed by atoms with Gasteiger partial charge in [-0.25, -0.2) is 8.42 Å². The van der Waals surface area contributed by atoms with Gasteiger partial charge in [-0.2, -0.15) is 0 Å². The molecule has 1 fully saturated rings. The van der Waals surface area contributed by atoms with Gasteiger partial charge in [0.15, 0.2) is 0 Å². The van der Waals surface area contributed by atoms with Crippen molar-refractivity contribution in [2.45, 2.75) is 35.5 Å². The van der Waals surface area contributed by atoms with Gasteiger partial charge in [0.25, 0.3) is 15.9 Å². The van der Waals surface area contributed by atoms with Crippen LogP contribution in [-0.4, -0.2) is 56.4 Å². The second-order valence-corrected chi connectivity index (χ2v) is 10.6. The average Bonchev–Trinajstić information content (AvgIpc) is 3.52. The van der Waals surface area contributed by atoms with Crippen LogP contribution in [0.2, 0.25) is 0 Å². The van der Waals surface area contributed by atoms with Crippen molar-refractivity contribution in [3.63, 3.8) is 0 Å². The monoisotopic (exact) mass is 486 g/mol. The Morgan fingerprint density at radius 3 is 2.58 bits per heavy atom. The predicted octanol–water partition coefficient (Wildman–Crippen LogP) is 3.12. The molecule has 10 heteroatoms. The van der Waals surface area contributed by atoms with E-state index in [4.69, 9.17) is 0 Å². The normalized spacial score (nSPS) is 15.9. The minimum absolute atomic E-state index is 0.0498. The molecule has 2 aliphatic rings. The first-order valence-electron chi connectivity index (χ1n) is 10.9. The van der Waals surface area contributed by atoms with Crippen LogP contribution in [0.1, 0.15) is 36.0 Å². The van der Waals surface area contributed by atoms with Gasteiger partial charge in [0.05, 0.1) is 16.2 Å². The zero-order chi connectivity index (χ0) is 23.3. The summed E-state index contributed by atoms with van der Waals surface area (Å²) in [6, 6.07) is 13.2. The largest absolute Gasteiger partial charge is 0.342 e. The zero-order valence-electron chi connectivity index (χ0n) is 18.1. The lowest BCUT2D eigenvalue weighted by atomic mass is 10.2. The molecule has 0 bridgehead atoms. The second kappa shape index (κ2) is 10.4. The Morgan fingerprint density at radius 1 is 1.03 bits per heavy atom. The maximum absolute atomic E-state index is 13.0. The number of anilines is 1. The third-order valence-corrected chi connectivity index (χ3v) is 7.91. The van der Waals surface area contributed by atoms with Gasteiger partial charge in [-0.05, 0) is 49.6 Å². The molecule has 174 valence electrons. The summed E-state index contributed by atoms with van der Waals surface area (Å²) >= 11 is 1.33. The third-order valence-electron chi connectivity index (χ3n) is 5.47. The molecule has 33 heavy (non-hydrogen) atoms. The Kier molecular flexibility index (Phi) is 7.34. The van der Waals surface area contributed by atoms with E-state index < -0.39 is 10.0 Å². The lowest BCUT2D eigenvalue weighted by Gasteiger charge is -2.15. The van der Waals surface area contributed by atoms with Crippen molar-refractivity contribution in [2.24, 2.45) is 4.99 Å². The van der Waals surface area contributed by atoms with Gasteiger partial charge in [0.2, 0.25) is 5.91 Å². The molecule has 0 atom stereocenters. The van der Waals surface area contributed by atoms with Crippen LogP contribution >= 0.6 is 11.8 Å². The maximum atomic E-state index is 13.0. The summed E-state index contributed by atoms with van der Waals surface area (Å²) in [5, 5.41) is 2.78. The summed E-state index contributed by atoms with van der Waals surface area (Å²) in [4.78, 5) is 32.1. The molecule has 8 nitrogen and oxygen atoms in total. The van der Waals surface area contributed by atoms with E-state index in [2.05, 4.69) is 15.0 Å². The molecule has 0 radical (unpaired) electrons. The minimum atomic E-state index is -3.78. The predicted molar refractivity (Wildman–Crippen MR) is 129 cm³/mol. The zero-order valence-corrected chi connectivity index (χ0v) is 19.8. The molecule has 2 aliphatic heterocycles. The summed E-state index contributed by atoms with van der Waals surface area (Å²) in [6.07, 6.45) is 3.50. The summed E-state index contributed by atoms with van der Waals surface area (Å²) < 4.78 is 27.8. The van der Waals surface area contributed by atoms with E-state index in [0.29, 0.717) is 34.9 Å². The molecule has 2 aromatic rings. The van der Waals surface area contributed by atoms with E-state index in [0.717, 1.165) is 32.4 Å². The van der Waals surface area contributed by atoms with Crippen molar-refractivity contribution in [1.29, 1.82) is 0 Å². The van der Waals surface area contributed by atoms with Gasteiger partial charge in [-0.1, -0.05) is 18.2 Å². The smallest absolute Gasteiger partial charge is 0.262 e. The van der Waals surface area contributed by atoms with Crippen LogP contribution in [0.3, 0.4) is 0 Å². The van der Waals surface area contributed by atoms with E-state index in [1.165, 1.54) is 23.9 Å². The first-order chi connectivity index (χ1) is 15.9. The third kappa shape index (κ3) is 5.94. The number of amidine groups is 1. The molecule has 0 spiro atoms. The van der Waals surface area contributed by atoms with E-state index in [-0.39, 0.29) is 22.5 Å². The molecular formula is C23H26N4O4S2. The van der Waals surface area contributed by atoms with Gasteiger partial charge in [0, 0.05) is 36.6 Å². The molecule has 2 amide bonds. The molecule has 0 aliphatic carbocycles. The van der Waals surface area contributed by atoms with Crippen LogP contribution in [0.25, 0.3) is 0 Å². The molecule has 0 unspecified atom stereocenters. The number of thioether (sulfide) groups is 1. The Hall–Kier alpha value is -2.85. The van der Waals surface area contributed by atoms with Crippen LogP contribution in [0.4, 0.5) is 5.69 Å². The topological polar surface area (TPSA) is 108 Å². The number of carbonyl (C=O) groups excluding carboxylic acids is 2. The van der Waals surface area contributed by atoms with Crippen molar-refractivity contribution < 1.29 is 18.0 Å². The van der Waals surface area contributed by atoms with Crippen LogP contribution < -0.4 is 10.0 Å². The van der Waals surface area contributed by atoms with E-state index in [1.54, 1.807) is 24.3 Å². The number of nitrogens with zero attached hydrogens (tertiary/aromatic N) is 2. The number of amides is 2. The maximum Gasteiger partial charge on any atom is 0.262 e. The van der Waals surface area contributed by atoms with Gasteiger partial charge in [-0.3, -0.25) is 19.3 Å². The second-order valence-electron chi connectivity index (χ2n) is 7.89. The highest BCUT2D eigenvalue weighted by molar-refractivity contribution is 8.00. The van der Waals surface area contributed by atoms with Crippen molar-refractivity contribution >= 4 is 45.1 Å². The number of sulfonamides is 1. The minimum Gasteiger partial charge on any atom is -0.342 e. The molecule has 2 N–H and O–H groups in total. The van der Waals surface area contributed by atoms with Crippen molar-refractivity contribution in [1.82, 2.24) is 9.62 Å². The van der Waals surface area contributed by atoms with Gasteiger partial charge < -0.3 is 10.2 Å². The number of rotatable bonds is 7. The Bertz CT molecular complexity index is 1170. The molecule has 2 heterocycles. The Morgan fingerprint density at radius 2 is 1.82 bits per heavy atom. The fraction of sp³-hybridized carbons (Fsp3) is 0.348. The summed E-state index contributed by atoms with van der Waals surface area (Å²) in [6.45, 7) is 2.21. The van der Waals surface area contributed by atoms with Gasteiger partial charge in [-0.15, -0.1) is 11.8 Å². The van der Waals surface area contributed by atoms with E-state index in [1.807, 2.05) is 17.0 Å². The highest BCUT2D eigenvalue weighted by Crippen LogP contribution is 2.25. The molecule has 0 aromatic heterocycles. The highest BCUT2D eigenvalue weighted by Gasteiger charge is 2.21. The van der Waals surface area contributed by atoms with Gasteiger partial charge >= 0.3 is 0 Å².